The molecule has 2 nitrogen and oxygen atoms in total. The molecular formula is C10H16O2. The number of hydrogen-bond donors (Lipinski definition) is 0. The number of hydrogen-bond acceptors (Lipinski definition) is 2. The molecule has 68 valence electrons. The van der Waals surface area contributed by atoms with Crippen LogP contribution in [-0.4, -0.2) is 19.5 Å². The van der Waals surface area contributed by atoms with Crippen LogP contribution in [0.25, 0.3) is 0 Å². The molecule has 1 unspecified atom stereocenters. The molecule has 0 bridgehead atoms. The second-order valence-corrected chi connectivity index (χ2v) is 3.92. The number of ether oxygens (including phenoxy) is 1. The van der Waals surface area contributed by atoms with Crippen molar-refractivity contribution < 1.29 is 9.53 Å². The van der Waals surface area contributed by atoms with Gasteiger partial charge in [-0.3, -0.25) is 4.79 Å². The summed E-state index contributed by atoms with van der Waals surface area (Å²) in [6, 6.07) is 0. The number of carbonyl (C=O) groups excluding carboxylic acids is 1. The SMILES string of the molecule is COC1CCC(C=O)=CC1(C)C. The van der Waals surface area contributed by atoms with E-state index in [9.17, 15) is 4.79 Å². The molecule has 2 heteroatoms. The van der Waals surface area contributed by atoms with E-state index in [1.807, 2.05) is 6.08 Å². The standard InChI is InChI=1S/C10H16O2/c1-10(2)6-8(7-11)4-5-9(10)12-3/h6-7,9H,4-5H2,1-3H3. The van der Waals surface area contributed by atoms with Crippen LogP contribution < -0.4 is 0 Å². The largest absolute Gasteiger partial charge is 0.381 e. The predicted octanol–water partition coefficient (Wildman–Crippen LogP) is 1.95. The third kappa shape index (κ3) is 1.75. The lowest BCUT2D eigenvalue weighted by Crippen LogP contribution is -2.32. The van der Waals surface area contributed by atoms with Crippen molar-refractivity contribution in [3.05, 3.63) is 11.6 Å². The van der Waals surface area contributed by atoms with Crippen molar-refractivity contribution in [3.8, 4) is 0 Å². The van der Waals surface area contributed by atoms with Crippen LogP contribution in [-0.2, 0) is 9.53 Å². The minimum absolute atomic E-state index is 0.00322. The van der Waals surface area contributed by atoms with E-state index in [4.69, 9.17) is 4.74 Å². The van der Waals surface area contributed by atoms with Crippen LogP contribution in [0.4, 0.5) is 0 Å². The molecule has 1 aliphatic rings. The average Bonchev–Trinajstić information content (AvgIpc) is 2.02. The molecule has 0 saturated carbocycles. The zero-order valence-electron chi connectivity index (χ0n) is 7.96. The first-order chi connectivity index (χ1) is 5.60. The van der Waals surface area contributed by atoms with Gasteiger partial charge < -0.3 is 4.74 Å². The molecule has 0 fully saturated rings. The summed E-state index contributed by atoms with van der Waals surface area (Å²) in [6.07, 6.45) is 5.03. The van der Waals surface area contributed by atoms with Gasteiger partial charge in [-0.05, 0) is 18.4 Å². The molecule has 1 aliphatic carbocycles. The number of rotatable bonds is 2. The van der Waals surface area contributed by atoms with Crippen LogP contribution in [0.3, 0.4) is 0 Å². The number of carbonyl (C=O) groups is 1. The fourth-order valence-electron chi connectivity index (χ4n) is 1.83. The second-order valence-electron chi connectivity index (χ2n) is 3.92. The van der Waals surface area contributed by atoms with Gasteiger partial charge in [0, 0.05) is 12.5 Å². The van der Waals surface area contributed by atoms with Crippen molar-refractivity contribution in [1.82, 2.24) is 0 Å². The normalized spacial score (nSPS) is 27.9. The Morgan fingerprint density at radius 3 is 2.75 bits per heavy atom. The molecule has 0 aliphatic heterocycles. The molecule has 0 aromatic carbocycles. The Labute approximate surface area is 73.6 Å². The van der Waals surface area contributed by atoms with Gasteiger partial charge in [-0.1, -0.05) is 19.9 Å². The average molecular weight is 168 g/mol. The van der Waals surface area contributed by atoms with Gasteiger partial charge in [0.2, 0.25) is 0 Å². The first kappa shape index (κ1) is 9.46. The van der Waals surface area contributed by atoms with Crippen molar-refractivity contribution in [1.29, 1.82) is 0 Å². The van der Waals surface area contributed by atoms with Crippen LogP contribution in [0.5, 0.6) is 0 Å². The summed E-state index contributed by atoms with van der Waals surface area (Å²) in [5.41, 5.74) is 0.914. The van der Waals surface area contributed by atoms with Gasteiger partial charge in [-0.25, -0.2) is 0 Å². The van der Waals surface area contributed by atoms with Gasteiger partial charge >= 0.3 is 0 Å². The Morgan fingerprint density at radius 2 is 2.33 bits per heavy atom. The van der Waals surface area contributed by atoms with Crippen LogP contribution in [0.1, 0.15) is 26.7 Å². The Bertz CT molecular complexity index is 204. The molecule has 1 rings (SSSR count). The molecule has 0 heterocycles. The summed E-state index contributed by atoms with van der Waals surface area (Å²) in [5.74, 6) is 0. The van der Waals surface area contributed by atoms with Crippen LogP contribution in [0.15, 0.2) is 11.6 Å². The van der Waals surface area contributed by atoms with Gasteiger partial charge in [-0.15, -0.1) is 0 Å². The van der Waals surface area contributed by atoms with Crippen molar-refractivity contribution >= 4 is 6.29 Å². The smallest absolute Gasteiger partial charge is 0.145 e. The van der Waals surface area contributed by atoms with E-state index in [0.717, 1.165) is 24.7 Å². The molecule has 0 spiro atoms. The summed E-state index contributed by atoms with van der Waals surface area (Å²) in [6.45, 7) is 4.20. The van der Waals surface area contributed by atoms with Crippen molar-refractivity contribution in [2.45, 2.75) is 32.8 Å². The summed E-state index contributed by atoms with van der Waals surface area (Å²) in [4.78, 5) is 10.5. The summed E-state index contributed by atoms with van der Waals surface area (Å²) in [7, 11) is 1.73. The summed E-state index contributed by atoms with van der Waals surface area (Å²) >= 11 is 0. The topological polar surface area (TPSA) is 26.3 Å². The fourth-order valence-corrected chi connectivity index (χ4v) is 1.83. The molecule has 0 aromatic heterocycles. The highest BCUT2D eigenvalue weighted by molar-refractivity contribution is 5.73. The van der Waals surface area contributed by atoms with Gasteiger partial charge in [0.15, 0.2) is 0 Å². The maximum Gasteiger partial charge on any atom is 0.145 e. The quantitative estimate of drug-likeness (QED) is 0.589. The highest BCUT2D eigenvalue weighted by Crippen LogP contribution is 2.34. The molecule has 0 aromatic rings. The molecule has 0 radical (unpaired) electrons. The number of allylic oxidation sites excluding steroid dienone is 1. The van der Waals surface area contributed by atoms with E-state index in [1.54, 1.807) is 7.11 Å². The molecule has 12 heavy (non-hydrogen) atoms. The van der Waals surface area contributed by atoms with Gasteiger partial charge in [0.1, 0.15) is 6.29 Å². The fraction of sp³-hybridized carbons (Fsp3) is 0.700. The second kappa shape index (κ2) is 3.40. The Morgan fingerprint density at radius 1 is 1.67 bits per heavy atom. The first-order valence-electron chi connectivity index (χ1n) is 4.30. The van der Waals surface area contributed by atoms with Crippen molar-refractivity contribution in [3.63, 3.8) is 0 Å². The van der Waals surface area contributed by atoms with Crippen LogP contribution in [0, 0.1) is 5.41 Å². The van der Waals surface area contributed by atoms with E-state index < -0.39 is 0 Å². The van der Waals surface area contributed by atoms with E-state index in [0.29, 0.717) is 0 Å². The third-order valence-corrected chi connectivity index (χ3v) is 2.52. The van der Waals surface area contributed by atoms with E-state index in [-0.39, 0.29) is 11.5 Å². The van der Waals surface area contributed by atoms with E-state index in [1.165, 1.54) is 0 Å². The maximum absolute atomic E-state index is 10.5. The Hall–Kier alpha value is -0.630. The minimum atomic E-state index is 0.00322. The first-order valence-corrected chi connectivity index (χ1v) is 4.30. The monoisotopic (exact) mass is 168 g/mol. The Kier molecular flexibility index (Phi) is 2.68. The van der Waals surface area contributed by atoms with E-state index >= 15 is 0 Å². The lowest BCUT2D eigenvalue weighted by Gasteiger charge is -2.34. The summed E-state index contributed by atoms with van der Waals surface area (Å²) < 4.78 is 5.34. The lowest BCUT2D eigenvalue weighted by molar-refractivity contribution is -0.105. The zero-order chi connectivity index (χ0) is 9.19. The van der Waals surface area contributed by atoms with Crippen molar-refractivity contribution in [2.75, 3.05) is 7.11 Å². The molecule has 0 amide bonds. The molecular weight excluding hydrogens is 152 g/mol. The predicted molar refractivity (Wildman–Crippen MR) is 48.0 cm³/mol. The molecule has 1 atom stereocenters. The lowest BCUT2D eigenvalue weighted by atomic mass is 9.77. The van der Waals surface area contributed by atoms with Gasteiger partial charge in [0.25, 0.3) is 0 Å². The maximum atomic E-state index is 10.5. The highest BCUT2D eigenvalue weighted by atomic mass is 16.5. The van der Waals surface area contributed by atoms with Crippen LogP contribution >= 0.6 is 0 Å². The number of methoxy groups -OCH3 is 1. The zero-order valence-corrected chi connectivity index (χ0v) is 7.96. The molecule has 0 N–H and O–H groups in total. The van der Waals surface area contributed by atoms with Gasteiger partial charge in [0.05, 0.1) is 6.10 Å². The van der Waals surface area contributed by atoms with Crippen LogP contribution in [0.2, 0.25) is 0 Å². The number of aldehydes is 1. The third-order valence-electron chi connectivity index (χ3n) is 2.52. The molecule has 0 saturated heterocycles. The summed E-state index contributed by atoms with van der Waals surface area (Å²) in [5, 5.41) is 0. The Balaban J connectivity index is 2.82. The highest BCUT2D eigenvalue weighted by Gasteiger charge is 2.31. The van der Waals surface area contributed by atoms with E-state index in [2.05, 4.69) is 13.8 Å². The van der Waals surface area contributed by atoms with Crippen molar-refractivity contribution in [2.24, 2.45) is 5.41 Å². The van der Waals surface area contributed by atoms with Gasteiger partial charge in [-0.2, -0.15) is 0 Å². The minimum Gasteiger partial charge on any atom is -0.381 e.